The van der Waals surface area contributed by atoms with E-state index in [-0.39, 0.29) is 30.9 Å². The summed E-state index contributed by atoms with van der Waals surface area (Å²) in [7, 11) is 1.32. The van der Waals surface area contributed by atoms with Gasteiger partial charge in [0.05, 0.1) is 13.5 Å². The molecule has 0 radical (unpaired) electrons. The van der Waals surface area contributed by atoms with Gasteiger partial charge in [-0.15, -0.1) is 0 Å². The molecule has 5 heteroatoms. The van der Waals surface area contributed by atoms with Gasteiger partial charge >= 0.3 is 5.97 Å². The number of benzene rings is 1. The molecule has 1 amide bonds. The number of carbonyl (C=O) groups is 2. The van der Waals surface area contributed by atoms with E-state index in [0.29, 0.717) is 5.75 Å². The quantitative estimate of drug-likeness (QED) is 0.806. The molecule has 1 N–H and O–H groups in total. The number of aryl methyl sites for hydroxylation is 2. The van der Waals surface area contributed by atoms with Crippen LogP contribution in [0.4, 0.5) is 0 Å². The lowest BCUT2D eigenvalue weighted by Gasteiger charge is -2.14. The van der Waals surface area contributed by atoms with Gasteiger partial charge in [-0.25, -0.2) is 0 Å². The third-order valence-corrected chi connectivity index (χ3v) is 2.81. The van der Waals surface area contributed by atoms with Crippen LogP contribution >= 0.6 is 0 Å². The summed E-state index contributed by atoms with van der Waals surface area (Å²) >= 11 is 0. The van der Waals surface area contributed by atoms with Crippen LogP contribution in [0.1, 0.15) is 24.5 Å². The number of hydrogen-bond donors (Lipinski definition) is 1. The summed E-state index contributed by atoms with van der Waals surface area (Å²) in [6, 6.07) is 5.54. The Morgan fingerprint density at radius 2 is 2.00 bits per heavy atom. The van der Waals surface area contributed by atoms with E-state index in [1.165, 1.54) is 7.11 Å². The summed E-state index contributed by atoms with van der Waals surface area (Å²) in [5.74, 6) is 0.0799. The van der Waals surface area contributed by atoms with Crippen molar-refractivity contribution in [1.82, 2.24) is 5.32 Å². The third-order valence-electron chi connectivity index (χ3n) is 2.81. The van der Waals surface area contributed by atoms with Gasteiger partial charge in [-0.1, -0.05) is 12.1 Å². The van der Waals surface area contributed by atoms with Crippen LogP contribution in [0.5, 0.6) is 5.75 Å². The van der Waals surface area contributed by atoms with Gasteiger partial charge in [0.1, 0.15) is 5.75 Å². The first-order valence-electron chi connectivity index (χ1n) is 6.48. The number of amides is 1. The standard InChI is InChI=1S/C15H21NO4/c1-10-5-6-11(2)13(7-10)20-9-14(17)16-12(3)8-15(18)19-4/h5-7,12H,8-9H2,1-4H3,(H,16,17). The van der Waals surface area contributed by atoms with Crippen molar-refractivity contribution in [2.45, 2.75) is 33.2 Å². The summed E-state index contributed by atoms with van der Waals surface area (Å²) in [4.78, 5) is 22.8. The van der Waals surface area contributed by atoms with Crippen LogP contribution in [0.3, 0.4) is 0 Å². The number of esters is 1. The molecule has 0 aliphatic carbocycles. The third kappa shape index (κ3) is 5.30. The van der Waals surface area contributed by atoms with Crippen molar-refractivity contribution in [2.24, 2.45) is 0 Å². The molecule has 0 saturated carbocycles. The smallest absolute Gasteiger partial charge is 0.307 e. The Balaban J connectivity index is 2.43. The molecule has 1 unspecified atom stereocenters. The molecule has 110 valence electrons. The molecule has 0 aromatic heterocycles. The van der Waals surface area contributed by atoms with Crippen molar-refractivity contribution in [3.05, 3.63) is 29.3 Å². The van der Waals surface area contributed by atoms with Crippen molar-refractivity contribution in [3.8, 4) is 5.75 Å². The second kappa shape index (κ2) is 7.53. The first-order valence-corrected chi connectivity index (χ1v) is 6.48. The molecule has 0 aliphatic heterocycles. The van der Waals surface area contributed by atoms with Crippen LogP contribution < -0.4 is 10.1 Å². The molecule has 0 fully saturated rings. The maximum absolute atomic E-state index is 11.7. The molecule has 1 aromatic rings. The molecule has 5 nitrogen and oxygen atoms in total. The molecular weight excluding hydrogens is 258 g/mol. The van der Waals surface area contributed by atoms with E-state index in [1.54, 1.807) is 6.92 Å². The molecule has 0 saturated heterocycles. The van der Waals surface area contributed by atoms with Gasteiger partial charge in [0.2, 0.25) is 0 Å². The molecule has 0 aliphatic rings. The SMILES string of the molecule is COC(=O)CC(C)NC(=O)COc1cc(C)ccc1C. The summed E-state index contributed by atoms with van der Waals surface area (Å²) in [5, 5.41) is 2.68. The Labute approximate surface area is 119 Å². The van der Waals surface area contributed by atoms with Crippen molar-refractivity contribution in [3.63, 3.8) is 0 Å². The maximum Gasteiger partial charge on any atom is 0.307 e. The van der Waals surface area contributed by atoms with Crippen LogP contribution in [-0.2, 0) is 14.3 Å². The Morgan fingerprint density at radius 3 is 2.65 bits per heavy atom. The van der Waals surface area contributed by atoms with Gasteiger partial charge in [-0.3, -0.25) is 9.59 Å². The monoisotopic (exact) mass is 279 g/mol. The van der Waals surface area contributed by atoms with Crippen molar-refractivity contribution < 1.29 is 19.1 Å². The molecule has 20 heavy (non-hydrogen) atoms. The van der Waals surface area contributed by atoms with Gasteiger partial charge in [-0.05, 0) is 38.0 Å². The summed E-state index contributed by atoms with van der Waals surface area (Å²) in [6.45, 7) is 5.56. The second-order valence-corrected chi connectivity index (χ2v) is 4.81. The van der Waals surface area contributed by atoms with Crippen LogP contribution in [0.25, 0.3) is 0 Å². The van der Waals surface area contributed by atoms with E-state index < -0.39 is 0 Å². The van der Waals surface area contributed by atoms with Gasteiger partial charge in [0, 0.05) is 6.04 Å². The number of hydrogen-bond acceptors (Lipinski definition) is 4. The lowest BCUT2D eigenvalue weighted by molar-refractivity contribution is -0.141. The lowest BCUT2D eigenvalue weighted by Crippen LogP contribution is -2.37. The van der Waals surface area contributed by atoms with Gasteiger partial charge in [-0.2, -0.15) is 0 Å². The van der Waals surface area contributed by atoms with E-state index in [4.69, 9.17) is 4.74 Å². The number of nitrogens with one attached hydrogen (secondary N) is 1. The van der Waals surface area contributed by atoms with Gasteiger partial charge < -0.3 is 14.8 Å². The minimum Gasteiger partial charge on any atom is -0.483 e. The number of ether oxygens (including phenoxy) is 2. The van der Waals surface area contributed by atoms with E-state index >= 15 is 0 Å². The number of methoxy groups -OCH3 is 1. The fourth-order valence-electron chi connectivity index (χ4n) is 1.71. The Kier molecular flexibility index (Phi) is 6.03. The maximum atomic E-state index is 11.7. The Hall–Kier alpha value is -2.04. The molecular formula is C15H21NO4. The fourth-order valence-corrected chi connectivity index (χ4v) is 1.71. The normalized spacial score (nSPS) is 11.6. The zero-order valence-electron chi connectivity index (χ0n) is 12.4. The molecule has 0 spiro atoms. The highest BCUT2D eigenvalue weighted by Crippen LogP contribution is 2.18. The average Bonchev–Trinajstić information content (AvgIpc) is 2.39. The van der Waals surface area contributed by atoms with Crippen LogP contribution in [-0.4, -0.2) is 31.6 Å². The van der Waals surface area contributed by atoms with Crippen molar-refractivity contribution in [2.75, 3.05) is 13.7 Å². The van der Waals surface area contributed by atoms with Gasteiger partial charge in [0.15, 0.2) is 6.61 Å². The average molecular weight is 279 g/mol. The zero-order valence-corrected chi connectivity index (χ0v) is 12.4. The largest absolute Gasteiger partial charge is 0.483 e. The second-order valence-electron chi connectivity index (χ2n) is 4.81. The van der Waals surface area contributed by atoms with Gasteiger partial charge in [0.25, 0.3) is 5.91 Å². The number of rotatable bonds is 6. The molecule has 1 rings (SSSR count). The predicted molar refractivity (Wildman–Crippen MR) is 75.6 cm³/mol. The van der Waals surface area contributed by atoms with Crippen molar-refractivity contribution in [1.29, 1.82) is 0 Å². The molecule has 0 bridgehead atoms. The van der Waals surface area contributed by atoms with Crippen LogP contribution in [0, 0.1) is 13.8 Å². The summed E-state index contributed by atoms with van der Waals surface area (Å²) < 4.78 is 10.0. The highest BCUT2D eigenvalue weighted by atomic mass is 16.5. The molecule has 1 atom stereocenters. The summed E-state index contributed by atoms with van der Waals surface area (Å²) in [5.41, 5.74) is 2.05. The first kappa shape index (κ1) is 16.0. The summed E-state index contributed by atoms with van der Waals surface area (Å²) in [6.07, 6.45) is 0.145. The minimum absolute atomic E-state index is 0.0736. The molecule has 1 aromatic carbocycles. The molecule has 0 heterocycles. The topological polar surface area (TPSA) is 64.6 Å². The van der Waals surface area contributed by atoms with Crippen LogP contribution in [0.15, 0.2) is 18.2 Å². The van der Waals surface area contributed by atoms with E-state index in [2.05, 4.69) is 10.1 Å². The predicted octanol–water partition coefficient (Wildman–Crippen LogP) is 1.75. The lowest BCUT2D eigenvalue weighted by atomic mass is 10.1. The van der Waals surface area contributed by atoms with E-state index in [1.807, 2.05) is 32.0 Å². The minimum atomic E-state index is -0.353. The number of carbonyl (C=O) groups excluding carboxylic acids is 2. The highest BCUT2D eigenvalue weighted by molar-refractivity contribution is 5.79. The Morgan fingerprint density at radius 1 is 1.30 bits per heavy atom. The highest BCUT2D eigenvalue weighted by Gasteiger charge is 2.12. The first-order chi connectivity index (χ1) is 9.42. The van der Waals surface area contributed by atoms with E-state index in [0.717, 1.165) is 11.1 Å². The van der Waals surface area contributed by atoms with Crippen LogP contribution in [0.2, 0.25) is 0 Å². The Bertz CT molecular complexity index is 485. The van der Waals surface area contributed by atoms with E-state index in [9.17, 15) is 9.59 Å². The fraction of sp³-hybridized carbons (Fsp3) is 0.467. The van der Waals surface area contributed by atoms with Crippen molar-refractivity contribution >= 4 is 11.9 Å². The zero-order chi connectivity index (χ0) is 15.1.